The van der Waals surface area contributed by atoms with Gasteiger partial charge in [0.1, 0.15) is 5.75 Å². The summed E-state index contributed by atoms with van der Waals surface area (Å²) < 4.78 is 33.5. The fourth-order valence-corrected chi connectivity index (χ4v) is 3.72. The van der Waals surface area contributed by atoms with E-state index in [0.717, 1.165) is 10.9 Å². The first-order valence-corrected chi connectivity index (χ1v) is 8.50. The monoisotopic (exact) mass is 328 g/mol. The Morgan fingerprint density at radius 2 is 1.96 bits per heavy atom. The number of sulfonamides is 1. The Kier molecular flexibility index (Phi) is 3.92. The van der Waals surface area contributed by atoms with Gasteiger partial charge in [0.05, 0.1) is 17.7 Å². The maximum absolute atomic E-state index is 12.8. The van der Waals surface area contributed by atoms with E-state index in [1.165, 1.54) is 7.11 Å². The Bertz CT molecular complexity index is 963. The zero-order valence-corrected chi connectivity index (χ0v) is 13.6. The van der Waals surface area contributed by atoms with Crippen LogP contribution in [0.15, 0.2) is 59.8 Å². The summed E-state index contributed by atoms with van der Waals surface area (Å²) in [6.07, 6.45) is 3.22. The first-order chi connectivity index (χ1) is 11.0. The molecule has 1 heterocycles. The maximum Gasteiger partial charge on any atom is 0.262 e. The Hall–Kier alpha value is -2.60. The summed E-state index contributed by atoms with van der Waals surface area (Å²) in [7, 11) is -2.24. The van der Waals surface area contributed by atoms with Gasteiger partial charge in [0.2, 0.25) is 0 Å². The Morgan fingerprint density at radius 3 is 2.74 bits per heavy atom. The van der Waals surface area contributed by atoms with Crippen LogP contribution < -0.4 is 9.46 Å². The minimum absolute atomic E-state index is 0.209. The van der Waals surface area contributed by atoms with Crippen molar-refractivity contribution in [3.8, 4) is 5.75 Å². The molecule has 0 saturated heterocycles. The molecule has 6 heteroatoms. The summed E-state index contributed by atoms with van der Waals surface area (Å²) in [5.41, 5.74) is 1.35. The molecule has 0 unspecified atom stereocenters. The summed E-state index contributed by atoms with van der Waals surface area (Å²) in [4.78, 5) is 4.23. The molecule has 0 bridgehead atoms. The van der Waals surface area contributed by atoms with Crippen molar-refractivity contribution in [2.75, 3.05) is 11.8 Å². The summed E-state index contributed by atoms with van der Waals surface area (Å²) in [5, 5.41) is 1.40. The molecule has 5 nitrogen and oxygen atoms in total. The number of ether oxygens (including phenoxy) is 1. The van der Waals surface area contributed by atoms with E-state index in [2.05, 4.69) is 9.71 Å². The van der Waals surface area contributed by atoms with Gasteiger partial charge in [-0.1, -0.05) is 18.2 Å². The van der Waals surface area contributed by atoms with Gasteiger partial charge >= 0.3 is 0 Å². The van der Waals surface area contributed by atoms with Crippen LogP contribution in [0.3, 0.4) is 0 Å². The zero-order valence-electron chi connectivity index (χ0n) is 12.8. The predicted molar refractivity (Wildman–Crippen MR) is 90.3 cm³/mol. The number of pyridine rings is 1. The first kappa shape index (κ1) is 15.3. The van der Waals surface area contributed by atoms with E-state index in [4.69, 9.17) is 4.74 Å². The van der Waals surface area contributed by atoms with Crippen LogP contribution in [-0.4, -0.2) is 20.5 Å². The lowest BCUT2D eigenvalue weighted by atomic mass is 10.2. The Balaban J connectivity index is 2.10. The fraction of sp³-hybridized carbons (Fsp3) is 0.118. The summed E-state index contributed by atoms with van der Waals surface area (Å²) in [6.45, 7) is 1.89. The number of anilines is 1. The number of methoxy groups -OCH3 is 1. The number of aromatic nitrogens is 1. The highest BCUT2D eigenvalue weighted by Gasteiger charge is 2.19. The van der Waals surface area contributed by atoms with Gasteiger partial charge in [-0.3, -0.25) is 9.71 Å². The van der Waals surface area contributed by atoms with Gasteiger partial charge in [0.25, 0.3) is 10.0 Å². The molecule has 3 rings (SSSR count). The molecule has 118 valence electrons. The van der Waals surface area contributed by atoms with Crippen LogP contribution in [0.4, 0.5) is 5.69 Å². The molecule has 3 aromatic rings. The van der Waals surface area contributed by atoms with Crippen LogP contribution in [0.25, 0.3) is 10.8 Å². The van der Waals surface area contributed by atoms with Gasteiger partial charge in [-0.15, -0.1) is 0 Å². The van der Waals surface area contributed by atoms with E-state index in [1.54, 1.807) is 42.7 Å². The highest BCUT2D eigenvalue weighted by atomic mass is 32.2. The van der Waals surface area contributed by atoms with Gasteiger partial charge in [0, 0.05) is 23.2 Å². The largest absolute Gasteiger partial charge is 0.495 e. The molecular weight excluding hydrogens is 312 g/mol. The van der Waals surface area contributed by atoms with Crippen LogP contribution in [-0.2, 0) is 10.0 Å². The quantitative estimate of drug-likeness (QED) is 0.797. The van der Waals surface area contributed by atoms with Crippen molar-refractivity contribution >= 4 is 26.5 Å². The number of nitrogens with one attached hydrogen (secondary N) is 1. The van der Waals surface area contributed by atoms with Crippen LogP contribution in [0.1, 0.15) is 5.56 Å². The lowest BCUT2D eigenvalue weighted by Crippen LogP contribution is -2.14. The average molecular weight is 328 g/mol. The third kappa shape index (κ3) is 2.98. The van der Waals surface area contributed by atoms with Crippen molar-refractivity contribution in [2.45, 2.75) is 11.8 Å². The minimum atomic E-state index is -3.75. The number of nitrogens with zero attached hydrogens (tertiary/aromatic N) is 1. The van der Waals surface area contributed by atoms with Gasteiger partial charge in [0.15, 0.2) is 0 Å². The standard InChI is InChI=1S/C17H16N2O3S/c1-12-6-7-16(22-2)15(10-12)19-23(20,21)17-5-3-4-13-11-18-9-8-14(13)17/h3-11,19H,1-2H3. The maximum atomic E-state index is 12.8. The van der Waals surface area contributed by atoms with E-state index in [0.29, 0.717) is 16.8 Å². The van der Waals surface area contributed by atoms with Crippen molar-refractivity contribution in [2.24, 2.45) is 0 Å². The highest BCUT2D eigenvalue weighted by molar-refractivity contribution is 7.93. The molecule has 1 aromatic heterocycles. The molecule has 0 atom stereocenters. The molecular formula is C17H16N2O3S. The van der Waals surface area contributed by atoms with Crippen molar-refractivity contribution in [1.82, 2.24) is 4.98 Å². The molecule has 23 heavy (non-hydrogen) atoms. The lowest BCUT2D eigenvalue weighted by Gasteiger charge is -2.13. The van der Waals surface area contributed by atoms with Crippen molar-refractivity contribution in [3.05, 3.63) is 60.4 Å². The second kappa shape index (κ2) is 5.89. The summed E-state index contributed by atoms with van der Waals surface area (Å²) >= 11 is 0. The predicted octanol–water partition coefficient (Wildman–Crippen LogP) is 3.35. The lowest BCUT2D eigenvalue weighted by molar-refractivity contribution is 0.417. The number of benzene rings is 2. The van der Waals surface area contributed by atoms with E-state index < -0.39 is 10.0 Å². The number of fused-ring (bicyclic) bond motifs is 1. The van der Waals surface area contributed by atoms with E-state index in [-0.39, 0.29) is 4.90 Å². The molecule has 0 spiro atoms. The van der Waals surface area contributed by atoms with E-state index >= 15 is 0 Å². The second-order valence-corrected chi connectivity index (χ2v) is 6.81. The molecule has 1 N–H and O–H groups in total. The average Bonchev–Trinajstić information content (AvgIpc) is 2.54. The molecule has 2 aromatic carbocycles. The third-order valence-corrected chi connectivity index (χ3v) is 4.95. The molecule has 0 amide bonds. The molecule has 0 aliphatic carbocycles. The number of aryl methyl sites for hydroxylation is 1. The highest BCUT2D eigenvalue weighted by Crippen LogP contribution is 2.29. The van der Waals surface area contributed by atoms with Crippen LogP contribution >= 0.6 is 0 Å². The van der Waals surface area contributed by atoms with Crippen LogP contribution in [0.5, 0.6) is 5.75 Å². The molecule has 0 radical (unpaired) electrons. The number of rotatable bonds is 4. The third-order valence-electron chi connectivity index (χ3n) is 3.53. The number of hydrogen-bond donors (Lipinski definition) is 1. The summed E-state index contributed by atoms with van der Waals surface area (Å²) in [6, 6.07) is 12.1. The SMILES string of the molecule is COc1ccc(C)cc1NS(=O)(=O)c1cccc2cnccc12. The van der Waals surface area contributed by atoms with Gasteiger partial charge in [-0.05, 0) is 36.8 Å². The van der Waals surface area contributed by atoms with Gasteiger partial charge < -0.3 is 4.74 Å². The van der Waals surface area contributed by atoms with E-state index in [1.807, 2.05) is 19.1 Å². The fourth-order valence-electron chi connectivity index (χ4n) is 2.43. The zero-order chi connectivity index (χ0) is 16.4. The molecule has 0 fully saturated rings. The topological polar surface area (TPSA) is 68.3 Å². The van der Waals surface area contributed by atoms with Crippen LogP contribution in [0.2, 0.25) is 0 Å². The summed E-state index contributed by atoms with van der Waals surface area (Å²) in [5.74, 6) is 0.473. The Labute approximate surface area is 135 Å². The first-order valence-electron chi connectivity index (χ1n) is 7.01. The van der Waals surface area contributed by atoms with E-state index in [9.17, 15) is 8.42 Å². The van der Waals surface area contributed by atoms with Gasteiger partial charge in [-0.2, -0.15) is 0 Å². The normalized spacial score (nSPS) is 11.4. The molecule has 0 aliphatic heterocycles. The van der Waals surface area contributed by atoms with Crippen molar-refractivity contribution in [3.63, 3.8) is 0 Å². The Morgan fingerprint density at radius 1 is 1.13 bits per heavy atom. The molecule has 0 saturated carbocycles. The van der Waals surface area contributed by atoms with Crippen molar-refractivity contribution < 1.29 is 13.2 Å². The molecule has 0 aliphatic rings. The second-order valence-electron chi connectivity index (χ2n) is 5.16. The smallest absolute Gasteiger partial charge is 0.262 e. The van der Waals surface area contributed by atoms with Crippen LogP contribution in [0, 0.1) is 6.92 Å². The number of hydrogen-bond acceptors (Lipinski definition) is 4. The van der Waals surface area contributed by atoms with Crippen molar-refractivity contribution in [1.29, 1.82) is 0 Å². The minimum Gasteiger partial charge on any atom is -0.495 e. The van der Waals surface area contributed by atoms with Gasteiger partial charge in [-0.25, -0.2) is 8.42 Å².